The summed E-state index contributed by atoms with van der Waals surface area (Å²) in [5.41, 5.74) is 22.9. The van der Waals surface area contributed by atoms with Gasteiger partial charge in [0.05, 0.1) is 11.1 Å². The molecule has 308 valence electrons. The zero-order valence-electron chi connectivity index (χ0n) is 37.5. The predicted molar refractivity (Wildman–Crippen MR) is 270 cm³/mol. The molecule has 0 radical (unpaired) electrons. The van der Waals surface area contributed by atoms with Gasteiger partial charge in [0, 0.05) is 49.6 Å². The zero-order chi connectivity index (χ0) is 43.4. The van der Waals surface area contributed by atoms with Gasteiger partial charge in [0.25, 0.3) is 0 Å². The molecule has 0 spiro atoms. The minimum absolute atomic E-state index is 0.0388. The van der Waals surface area contributed by atoms with E-state index < -0.39 is 0 Å². The van der Waals surface area contributed by atoms with Crippen LogP contribution >= 0.6 is 0 Å². The number of benzene rings is 8. The van der Waals surface area contributed by atoms with Crippen LogP contribution in [0.3, 0.4) is 0 Å². The van der Waals surface area contributed by atoms with Crippen molar-refractivity contribution in [2.24, 2.45) is 0 Å². The Morgan fingerprint density at radius 2 is 1.12 bits per heavy atom. The Kier molecular flexibility index (Phi) is 7.50. The number of para-hydroxylation sites is 2. The standard InChI is InChI=1S/C60H49BN2O/c1-58(2,3)39-29-30-50(43(33-39)37-21-12-9-13-22-37)62-51-35-48-47(59(4,5)45-26-15-16-27-46(45)60(48,6)7)34-49(51)61-55-44(31-38(32-52(55)62)36-19-10-8-11-20-36)40-24-18-25-42-54-41-23-14-17-28-53(41)64-57(54)63(61)56(40)42/h8-35H,1-7H3. The molecule has 10 aromatic rings. The Hall–Kier alpha value is -7.04. The van der Waals surface area contributed by atoms with Crippen molar-refractivity contribution in [3.05, 3.63) is 198 Å². The molecule has 0 fully saturated rings. The molecule has 8 aromatic carbocycles. The molecule has 64 heavy (non-hydrogen) atoms. The molecule has 3 aliphatic rings. The first-order valence-electron chi connectivity index (χ1n) is 22.9. The molecule has 2 aliphatic heterocycles. The number of rotatable bonds is 3. The molecule has 0 saturated carbocycles. The third kappa shape index (κ3) is 4.94. The number of furan rings is 1. The summed E-state index contributed by atoms with van der Waals surface area (Å²) in [7, 11) is 0. The average molecular weight is 825 g/mol. The summed E-state index contributed by atoms with van der Waals surface area (Å²) in [6.07, 6.45) is 0. The van der Waals surface area contributed by atoms with Crippen LogP contribution in [0.2, 0.25) is 0 Å². The molecule has 0 bridgehead atoms. The monoisotopic (exact) mass is 824 g/mol. The van der Waals surface area contributed by atoms with Gasteiger partial charge in [-0.1, -0.05) is 182 Å². The van der Waals surface area contributed by atoms with Gasteiger partial charge in [-0.2, -0.15) is 0 Å². The molecule has 4 heterocycles. The van der Waals surface area contributed by atoms with Gasteiger partial charge in [0.15, 0.2) is 5.71 Å². The number of hydrogen-bond donors (Lipinski definition) is 0. The molecule has 3 nitrogen and oxygen atoms in total. The lowest BCUT2D eigenvalue weighted by Crippen LogP contribution is -2.57. The Balaban J connectivity index is 1.22. The second-order valence-corrected chi connectivity index (χ2v) is 20.5. The van der Waals surface area contributed by atoms with Gasteiger partial charge < -0.3 is 13.8 Å². The third-order valence-electron chi connectivity index (χ3n) is 15.2. The lowest BCUT2D eigenvalue weighted by atomic mass is 9.44. The highest BCUT2D eigenvalue weighted by molar-refractivity contribution is 6.90. The van der Waals surface area contributed by atoms with Crippen LogP contribution in [0.1, 0.15) is 76.3 Å². The SMILES string of the molecule is CC(C)(C)c1ccc(N2c3cc4c(cc3B3c5c(cc(-c6ccccc6)cc52)-c2cccc5c6c7ccccc7oc6n3c25)C(C)(C)c2ccccc2C4(C)C)c(-c2ccccc2)c1. The Morgan fingerprint density at radius 3 is 1.84 bits per heavy atom. The topological polar surface area (TPSA) is 21.3 Å². The number of nitrogens with zero attached hydrogens (tertiary/aromatic N) is 2. The van der Waals surface area contributed by atoms with Crippen LogP contribution in [-0.2, 0) is 16.2 Å². The summed E-state index contributed by atoms with van der Waals surface area (Å²) in [6.45, 7) is 16.5. The molecule has 2 aromatic heterocycles. The lowest BCUT2D eigenvalue weighted by Gasteiger charge is -2.47. The zero-order valence-corrected chi connectivity index (χ0v) is 37.5. The fourth-order valence-electron chi connectivity index (χ4n) is 11.9. The van der Waals surface area contributed by atoms with E-state index in [0.29, 0.717) is 0 Å². The second kappa shape index (κ2) is 12.8. The van der Waals surface area contributed by atoms with E-state index in [4.69, 9.17) is 4.42 Å². The minimum Gasteiger partial charge on any atom is -0.441 e. The van der Waals surface area contributed by atoms with Gasteiger partial charge in [-0.15, -0.1) is 0 Å². The van der Waals surface area contributed by atoms with Crippen LogP contribution in [0.4, 0.5) is 17.1 Å². The van der Waals surface area contributed by atoms with Crippen molar-refractivity contribution in [2.45, 2.75) is 64.7 Å². The molecule has 4 heteroatoms. The van der Waals surface area contributed by atoms with Gasteiger partial charge in [0.2, 0.25) is 0 Å². The van der Waals surface area contributed by atoms with Crippen molar-refractivity contribution in [1.82, 2.24) is 4.48 Å². The van der Waals surface area contributed by atoms with E-state index in [1.54, 1.807) is 0 Å². The van der Waals surface area contributed by atoms with Crippen LogP contribution in [0.15, 0.2) is 174 Å². The number of fused-ring (bicyclic) bond motifs is 11. The van der Waals surface area contributed by atoms with Gasteiger partial charge in [-0.05, 0) is 103 Å². The molecular weight excluding hydrogens is 775 g/mol. The summed E-state index contributed by atoms with van der Waals surface area (Å²) in [4.78, 5) is 2.64. The fourth-order valence-corrected chi connectivity index (χ4v) is 11.9. The van der Waals surface area contributed by atoms with Crippen molar-refractivity contribution in [3.63, 3.8) is 0 Å². The van der Waals surface area contributed by atoms with Crippen molar-refractivity contribution >= 4 is 67.8 Å². The highest BCUT2D eigenvalue weighted by Crippen LogP contribution is 2.54. The molecule has 0 N–H and O–H groups in total. The van der Waals surface area contributed by atoms with E-state index in [9.17, 15) is 0 Å². The van der Waals surface area contributed by atoms with Gasteiger partial charge >= 0.3 is 6.85 Å². The van der Waals surface area contributed by atoms with Crippen LogP contribution in [-0.4, -0.2) is 11.3 Å². The maximum absolute atomic E-state index is 7.08. The van der Waals surface area contributed by atoms with Gasteiger partial charge in [-0.25, -0.2) is 0 Å². The third-order valence-corrected chi connectivity index (χ3v) is 15.2. The normalized spacial score (nSPS) is 15.3. The van der Waals surface area contributed by atoms with Crippen molar-refractivity contribution in [2.75, 3.05) is 4.90 Å². The van der Waals surface area contributed by atoms with Crippen LogP contribution in [0.5, 0.6) is 0 Å². The summed E-state index contributed by atoms with van der Waals surface area (Å²) >= 11 is 0. The van der Waals surface area contributed by atoms with Crippen molar-refractivity contribution < 1.29 is 4.42 Å². The number of hydrogen-bond acceptors (Lipinski definition) is 2. The van der Waals surface area contributed by atoms with E-state index in [1.807, 2.05) is 0 Å². The average Bonchev–Trinajstić information content (AvgIpc) is 3.85. The van der Waals surface area contributed by atoms with Crippen LogP contribution in [0, 0.1) is 0 Å². The molecular formula is C60H49BN2O. The summed E-state index contributed by atoms with van der Waals surface area (Å²) in [5, 5.41) is 3.58. The first kappa shape index (κ1) is 37.5. The van der Waals surface area contributed by atoms with Crippen LogP contribution in [0.25, 0.3) is 66.4 Å². The lowest BCUT2D eigenvalue weighted by molar-refractivity contribution is 0.521. The molecule has 0 atom stereocenters. The number of aromatic nitrogens is 1. The Bertz CT molecular complexity index is 3600. The summed E-state index contributed by atoms with van der Waals surface area (Å²) in [5.74, 6) is 0. The van der Waals surface area contributed by atoms with Crippen molar-refractivity contribution in [1.29, 1.82) is 0 Å². The van der Waals surface area contributed by atoms with Gasteiger partial charge in [0.1, 0.15) is 5.58 Å². The summed E-state index contributed by atoms with van der Waals surface area (Å²) < 4.78 is 9.66. The highest BCUT2D eigenvalue weighted by Gasteiger charge is 2.48. The number of anilines is 3. The molecule has 1 aliphatic carbocycles. The van der Waals surface area contributed by atoms with Crippen molar-refractivity contribution in [3.8, 4) is 33.4 Å². The molecule has 0 saturated heterocycles. The van der Waals surface area contributed by atoms with E-state index >= 15 is 0 Å². The van der Waals surface area contributed by atoms with Gasteiger partial charge in [-0.3, -0.25) is 0 Å². The second-order valence-electron chi connectivity index (χ2n) is 20.5. The molecule has 0 amide bonds. The van der Waals surface area contributed by atoms with E-state index in [2.05, 4.69) is 228 Å². The largest absolute Gasteiger partial charge is 0.441 e. The Labute approximate surface area is 375 Å². The smallest absolute Gasteiger partial charge is 0.336 e. The Morgan fingerprint density at radius 1 is 0.484 bits per heavy atom. The quantitative estimate of drug-likeness (QED) is 0.166. The summed E-state index contributed by atoms with van der Waals surface area (Å²) in [6, 6.07) is 63.9. The van der Waals surface area contributed by atoms with E-state index in [0.717, 1.165) is 16.7 Å². The fraction of sp³-hybridized carbons (Fsp3) is 0.167. The predicted octanol–water partition coefficient (Wildman–Crippen LogP) is 14.6. The molecule has 0 unspecified atom stereocenters. The first-order valence-corrected chi connectivity index (χ1v) is 22.9. The molecule has 13 rings (SSSR count). The van der Waals surface area contributed by atoms with Crippen LogP contribution < -0.4 is 15.8 Å². The van der Waals surface area contributed by atoms with E-state index in [-0.39, 0.29) is 23.1 Å². The maximum atomic E-state index is 7.08. The first-order chi connectivity index (χ1) is 30.9. The maximum Gasteiger partial charge on any atom is 0.336 e. The minimum atomic E-state index is -0.246. The van der Waals surface area contributed by atoms with E-state index in [1.165, 1.54) is 105 Å². The highest BCUT2D eigenvalue weighted by atomic mass is 16.3.